The number of primary amides is 1. The monoisotopic (exact) mass is 428 g/mol. The lowest BCUT2D eigenvalue weighted by molar-refractivity contribution is 0.0727. The lowest BCUT2D eigenvalue weighted by atomic mass is 10.1. The Labute approximate surface area is 186 Å². The standard InChI is InChI=1S/C26H24N2O4/c1-17(24-15-19-9-3-5-12-22(19)32-24)28(2)26(30)20-10-7-8-18(14-20)16-31-23-13-6-4-11-21(23)25(27)29/h3-15,17H,16H2,1-2H3,(H2,27,29). The van der Waals surface area contributed by atoms with E-state index in [0.29, 0.717) is 16.9 Å². The molecule has 1 atom stereocenters. The van der Waals surface area contributed by atoms with Gasteiger partial charge in [0.05, 0.1) is 11.6 Å². The first-order valence-electron chi connectivity index (χ1n) is 10.3. The molecule has 0 bridgehead atoms. The smallest absolute Gasteiger partial charge is 0.254 e. The third-order valence-electron chi connectivity index (χ3n) is 5.48. The van der Waals surface area contributed by atoms with Gasteiger partial charge in [-0.3, -0.25) is 9.59 Å². The fourth-order valence-corrected chi connectivity index (χ4v) is 3.53. The Balaban J connectivity index is 1.48. The molecular formula is C26H24N2O4. The maximum absolute atomic E-state index is 13.1. The summed E-state index contributed by atoms with van der Waals surface area (Å²) in [5.74, 6) is 0.458. The average Bonchev–Trinajstić information content (AvgIpc) is 3.26. The molecule has 0 spiro atoms. The number of fused-ring (bicyclic) bond motifs is 1. The predicted octanol–water partition coefficient (Wildman–Crippen LogP) is 4.94. The Morgan fingerprint density at radius 2 is 1.75 bits per heavy atom. The minimum Gasteiger partial charge on any atom is -0.488 e. The fraction of sp³-hybridized carbons (Fsp3) is 0.154. The summed E-state index contributed by atoms with van der Waals surface area (Å²) in [6.07, 6.45) is 0. The van der Waals surface area contributed by atoms with Gasteiger partial charge in [-0.25, -0.2) is 0 Å². The number of nitrogens with two attached hydrogens (primary N) is 1. The predicted molar refractivity (Wildman–Crippen MR) is 122 cm³/mol. The van der Waals surface area contributed by atoms with E-state index in [1.165, 1.54) is 0 Å². The number of amides is 2. The number of carbonyl (C=O) groups excluding carboxylic acids is 2. The van der Waals surface area contributed by atoms with Crippen molar-refractivity contribution in [3.05, 3.63) is 101 Å². The third kappa shape index (κ3) is 4.34. The largest absolute Gasteiger partial charge is 0.488 e. The van der Waals surface area contributed by atoms with Crippen LogP contribution in [0, 0.1) is 0 Å². The van der Waals surface area contributed by atoms with Gasteiger partial charge in [0.25, 0.3) is 11.8 Å². The van der Waals surface area contributed by atoms with E-state index in [4.69, 9.17) is 14.9 Å². The van der Waals surface area contributed by atoms with Crippen LogP contribution in [0.4, 0.5) is 0 Å². The summed E-state index contributed by atoms with van der Waals surface area (Å²) in [7, 11) is 1.76. The lowest BCUT2D eigenvalue weighted by Gasteiger charge is -2.23. The molecule has 0 radical (unpaired) electrons. The second kappa shape index (κ2) is 8.98. The zero-order chi connectivity index (χ0) is 22.7. The molecule has 1 aromatic heterocycles. The fourth-order valence-electron chi connectivity index (χ4n) is 3.53. The summed E-state index contributed by atoms with van der Waals surface area (Å²) in [5.41, 5.74) is 7.87. The minimum atomic E-state index is -0.550. The van der Waals surface area contributed by atoms with Crippen molar-refractivity contribution < 1.29 is 18.7 Å². The zero-order valence-corrected chi connectivity index (χ0v) is 17.9. The van der Waals surface area contributed by atoms with E-state index in [-0.39, 0.29) is 18.6 Å². The minimum absolute atomic E-state index is 0.127. The van der Waals surface area contributed by atoms with Crippen molar-refractivity contribution in [2.75, 3.05) is 7.05 Å². The molecule has 2 N–H and O–H groups in total. The first kappa shape index (κ1) is 21.2. The molecule has 6 heteroatoms. The molecule has 1 unspecified atom stereocenters. The van der Waals surface area contributed by atoms with Crippen LogP contribution in [0.2, 0.25) is 0 Å². The number of carbonyl (C=O) groups is 2. The van der Waals surface area contributed by atoms with Gasteiger partial charge in [0.15, 0.2) is 0 Å². The lowest BCUT2D eigenvalue weighted by Crippen LogP contribution is -2.29. The summed E-state index contributed by atoms with van der Waals surface area (Å²) < 4.78 is 11.7. The van der Waals surface area contributed by atoms with Gasteiger partial charge >= 0.3 is 0 Å². The van der Waals surface area contributed by atoms with Crippen molar-refractivity contribution >= 4 is 22.8 Å². The highest BCUT2D eigenvalue weighted by Gasteiger charge is 2.22. The highest BCUT2D eigenvalue weighted by Crippen LogP contribution is 2.27. The first-order valence-corrected chi connectivity index (χ1v) is 10.3. The number of rotatable bonds is 7. The van der Waals surface area contributed by atoms with Crippen molar-refractivity contribution in [2.45, 2.75) is 19.6 Å². The van der Waals surface area contributed by atoms with E-state index in [2.05, 4.69) is 0 Å². The van der Waals surface area contributed by atoms with E-state index in [1.54, 1.807) is 48.3 Å². The molecule has 1 heterocycles. The van der Waals surface area contributed by atoms with Crippen molar-refractivity contribution in [3.8, 4) is 5.75 Å². The van der Waals surface area contributed by atoms with Crippen LogP contribution in [0.25, 0.3) is 11.0 Å². The summed E-state index contributed by atoms with van der Waals surface area (Å²) in [4.78, 5) is 26.4. The Bertz CT molecular complexity index is 1240. The molecule has 32 heavy (non-hydrogen) atoms. The zero-order valence-electron chi connectivity index (χ0n) is 17.9. The van der Waals surface area contributed by atoms with Crippen LogP contribution >= 0.6 is 0 Å². The van der Waals surface area contributed by atoms with Gasteiger partial charge in [-0.1, -0.05) is 42.5 Å². The quantitative estimate of drug-likeness (QED) is 0.452. The molecule has 6 nitrogen and oxygen atoms in total. The van der Waals surface area contributed by atoms with Crippen molar-refractivity contribution in [1.29, 1.82) is 0 Å². The van der Waals surface area contributed by atoms with Crippen molar-refractivity contribution in [3.63, 3.8) is 0 Å². The maximum Gasteiger partial charge on any atom is 0.254 e. The maximum atomic E-state index is 13.1. The Morgan fingerprint density at radius 3 is 2.53 bits per heavy atom. The Morgan fingerprint density at radius 1 is 1.00 bits per heavy atom. The Hall–Kier alpha value is -4.06. The number of para-hydroxylation sites is 2. The number of furan rings is 1. The normalized spacial score (nSPS) is 11.8. The molecular weight excluding hydrogens is 404 g/mol. The van der Waals surface area contributed by atoms with Crippen LogP contribution in [-0.2, 0) is 6.61 Å². The second-order valence-corrected chi connectivity index (χ2v) is 7.63. The molecule has 4 aromatic rings. The van der Waals surface area contributed by atoms with E-state index >= 15 is 0 Å². The molecule has 162 valence electrons. The molecule has 0 aliphatic rings. The molecule has 0 saturated heterocycles. The van der Waals surface area contributed by atoms with Gasteiger partial charge in [-0.15, -0.1) is 0 Å². The van der Waals surface area contributed by atoms with Gasteiger partial charge in [0.2, 0.25) is 0 Å². The number of ether oxygens (including phenoxy) is 1. The summed E-state index contributed by atoms with van der Waals surface area (Å²) in [6, 6.07) is 23.5. The van der Waals surface area contributed by atoms with Crippen LogP contribution in [0.1, 0.15) is 45.0 Å². The highest BCUT2D eigenvalue weighted by molar-refractivity contribution is 5.95. The summed E-state index contributed by atoms with van der Waals surface area (Å²) in [6.45, 7) is 2.14. The first-order chi connectivity index (χ1) is 15.4. The van der Waals surface area contributed by atoms with Gasteiger partial charge in [0.1, 0.15) is 23.7 Å². The summed E-state index contributed by atoms with van der Waals surface area (Å²) >= 11 is 0. The van der Waals surface area contributed by atoms with E-state index < -0.39 is 5.91 Å². The molecule has 4 rings (SSSR count). The highest BCUT2D eigenvalue weighted by atomic mass is 16.5. The topological polar surface area (TPSA) is 85.8 Å². The van der Waals surface area contributed by atoms with Gasteiger partial charge in [-0.2, -0.15) is 0 Å². The number of benzene rings is 3. The average molecular weight is 428 g/mol. The van der Waals surface area contributed by atoms with Crippen LogP contribution in [0.5, 0.6) is 5.75 Å². The van der Waals surface area contributed by atoms with Crippen molar-refractivity contribution in [2.24, 2.45) is 5.73 Å². The molecule has 0 aliphatic heterocycles. The van der Waals surface area contributed by atoms with Crippen LogP contribution in [0.3, 0.4) is 0 Å². The van der Waals surface area contributed by atoms with Crippen LogP contribution in [-0.4, -0.2) is 23.8 Å². The number of hydrogen-bond donors (Lipinski definition) is 1. The number of nitrogens with zero attached hydrogens (tertiary/aromatic N) is 1. The summed E-state index contributed by atoms with van der Waals surface area (Å²) in [5, 5.41) is 1.01. The third-order valence-corrected chi connectivity index (χ3v) is 5.48. The van der Waals surface area contributed by atoms with Gasteiger partial charge in [0, 0.05) is 18.0 Å². The molecule has 0 fully saturated rings. The van der Waals surface area contributed by atoms with Gasteiger partial charge in [-0.05, 0) is 48.9 Å². The SMILES string of the molecule is CC(c1cc2ccccc2o1)N(C)C(=O)c1cccc(COc2ccccc2C(N)=O)c1. The van der Waals surface area contributed by atoms with E-state index in [1.807, 2.05) is 49.4 Å². The van der Waals surface area contributed by atoms with Crippen molar-refractivity contribution in [1.82, 2.24) is 4.90 Å². The molecule has 3 aromatic carbocycles. The molecule has 2 amide bonds. The molecule has 0 aliphatic carbocycles. The van der Waals surface area contributed by atoms with Crippen LogP contribution < -0.4 is 10.5 Å². The molecule has 0 saturated carbocycles. The van der Waals surface area contributed by atoms with E-state index in [9.17, 15) is 9.59 Å². The number of hydrogen-bond acceptors (Lipinski definition) is 4. The van der Waals surface area contributed by atoms with Gasteiger partial charge < -0.3 is 19.8 Å². The van der Waals surface area contributed by atoms with Crippen LogP contribution in [0.15, 0.2) is 83.3 Å². The van der Waals surface area contributed by atoms with E-state index in [0.717, 1.165) is 22.3 Å². The second-order valence-electron chi connectivity index (χ2n) is 7.63. The Kier molecular flexibility index (Phi) is 5.94.